The molecule has 0 aliphatic carbocycles. The molecular weight excluding hydrogens is 330 g/mol. The third kappa shape index (κ3) is 3.53. The number of hydrogen-bond donors (Lipinski definition) is 1. The van der Waals surface area contributed by atoms with E-state index in [1.807, 2.05) is 5.32 Å². The van der Waals surface area contributed by atoms with Crippen molar-refractivity contribution in [3.63, 3.8) is 0 Å². The number of methoxy groups -OCH3 is 1. The summed E-state index contributed by atoms with van der Waals surface area (Å²) >= 11 is 0. The third-order valence-electron chi connectivity index (χ3n) is 3.16. The van der Waals surface area contributed by atoms with Gasteiger partial charge in [-0.3, -0.25) is 9.59 Å². The Labute approximate surface area is 134 Å². The predicted octanol–water partition coefficient (Wildman–Crippen LogP) is 2.86. The fraction of sp³-hybridized carbons (Fsp3) is 0.125. The number of hydrogen-bond acceptors (Lipinski definition) is 3. The highest BCUT2D eigenvalue weighted by atomic mass is 19.2. The number of rotatable bonds is 5. The first kappa shape index (κ1) is 17.5. The number of nitrogens with one attached hydrogen (secondary N) is 1. The van der Waals surface area contributed by atoms with Crippen molar-refractivity contribution in [1.82, 2.24) is 5.32 Å². The maximum atomic E-state index is 13.5. The van der Waals surface area contributed by atoms with Crippen LogP contribution in [0.5, 0.6) is 5.75 Å². The Balaban J connectivity index is 2.12. The summed E-state index contributed by atoms with van der Waals surface area (Å²) < 4.78 is 58.0. The van der Waals surface area contributed by atoms with Gasteiger partial charge in [-0.1, -0.05) is 0 Å². The molecule has 0 radical (unpaired) electrons. The number of ketones is 1. The molecule has 0 saturated carbocycles. The molecule has 0 aromatic heterocycles. The van der Waals surface area contributed by atoms with Crippen molar-refractivity contribution in [3.05, 3.63) is 64.7 Å². The lowest BCUT2D eigenvalue weighted by atomic mass is 10.1. The van der Waals surface area contributed by atoms with Gasteiger partial charge in [0.15, 0.2) is 29.1 Å². The van der Waals surface area contributed by atoms with E-state index in [0.29, 0.717) is 5.75 Å². The van der Waals surface area contributed by atoms with Crippen molar-refractivity contribution in [2.45, 2.75) is 0 Å². The van der Waals surface area contributed by atoms with Crippen molar-refractivity contribution in [2.75, 3.05) is 13.7 Å². The monoisotopic (exact) mass is 341 g/mol. The highest BCUT2D eigenvalue weighted by molar-refractivity contribution is 6.02. The van der Waals surface area contributed by atoms with Gasteiger partial charge in [-0.25, -0.2) is 17.6 Å². The van der Waals surface area contributed by atoms with Crippen LogP contribution in [0, 0.1) is 23.3 Å². The normalized spacial score (nSPS) is 10.4. The Kier molecular flexibility index (Phi) is 5.18. The van der Waals surface area contributed by atoms with Crippen LogP contribution < -0.4 is 10.1 Å². The molecule has 126 valence electrons. The minimum absolute atomic E-state index is 0.00997. The molecule has 2 rings (SSSR count). The highest BCUT2D eigenvalue weighted by Crippen LogP contribution is 2.19. The quantitative estimate of drug-likeness (QED) is 0.517. The summed E-state index contributed by atoms with van der Waals surface area (Å²) in [5.74, 6) is -8.57. The molecule has 2 aromatic rings. The van der Waals surface area contributed by atoms with Crippen LogP contribution >= 0.6 is 0 Å². The average Bonchev–Trinajstić information content (AvgIpc) is 2.58. The van der Waals surface area contributed by atoms with Crippen molar-refractivity contribution in [2.24, 2.45) is 0 Å². The second kappa shape index (κ2) is 7.12. The molecule has 4 nitrogen and oxygen atoms in total. The molecular formula is C16H11F4NO3. The Hall–Kier alpha value is -2.90. The zero-order chi connectivity index (χ0) is 17.9. The summed E-state index contributed by atoms with van der Waals surface area (Å²) in [5.41, 5.74) is -1.21. The van der Waals surface area contributed by atoms with Crippen LogP contribution in [0.3, 0.4) is 0 Å². The number of carbonyl (C=O) groups is 2. The Bertz CT molecular complexity index is 765. The van der Waals surface area contributed by atoms with Gasteiger partial charge in [0.1, 0.15) is 11.3 Å². The van der Waals surface area contributed by atoms with Crippen molar-refractivity contribution >= 4 is 11.7 Å². The smallest absolute Gasteiger partial charge is 0.257 e. The van der Waals surface area contributed by atoms with Gasteiger partial charge in [-0.15, -0.1) is 0 Å². The van der Waals surface area contributed by atoms with E-state index < -0.39 is 47.1 Å². The molecule has 0 aliphatic rings. The van der Waals surface area contributed by atoms with Crippen LogP contribution in [0.25, 0.3) is 0 Å². The first-order valence-electron chi connectivity index (χ1n) is 6.63. The molecule has 1 N–H and O–H groups in total. The van der Waals surface area contributed by atoms with E-state index in [2.05, 4.69) is 0 Å². The molecule has 0 heterocycles. The molecule has 0 saturated heterocycles. The second-order valence-electron chi connectivity index (χ2n) is 4.68. The first-order valence-corrected chi connectivity index (χ1v) is 6.63. The Morgan fingerprint density at radius 1 is 1.00 bits per heavy atom. The lowest BCUT2D eigenvalue weighted by molar-refractivity contribution is 0.0896. The summed E-state index contributed by atoms with van der Waals surface area (Å²) in [7, 11) is 1.44. The van der Waals surface area contributed by atoms with E-state index >= 15 is 0 Å². The van der Waals surface area contributed by atoms with Crippen LogP contribution in [0.2, 0.25) is 0 Å². The zero-order valence-corrected chi connectivity index (χ0v) is 12.3. The summed E-state index contributed by atoms with van der Waals surface area (Å²) in [6, 6.07) is 5.86. The third-order valence-corrected chi connectivity index (χ3v) is 3.16. The number of benzene rings is 2. The van der Waals surface area contributed by atoms with Gasteiger partial charge in [0.25, 0.3) is 5.91 Å². The number of halogens is 4. The Morgan fingerprint density at radius 2 is 1.54 bits per heavy atom. The minimum atomic E-state index is -1.83. The van der Waals surface area contributed by atoms with E-state index in [1.165, 1.54) is 31.4 Å². The van der Waals surface area contributed by atoms with Crippen LogP contribution in [-0.4, -0.2) is 25.3 Å². The Morgan fingerprint density at radius 3 is 2.04 bits per heavy atom. The van der Waals surface area contributed by atoms with Gasteiger partial charge in [0.2, 0.25) is 0 Å². The molecule has 0 atom stereocenters. The van der Waals surface area contributed by atoms with Crippen molar-refractivity contribution in [3.8, 4) is 5.75 Å². The summed E-state index contributed by atoms with van der Waals surface area (Å²) in [6.07, 6.45) is 0. The lowest BCUT2D eigenvalue weighted by Crippen LogP contribution is -2.31. The van der Waals surface area contributed by atoms with E-state index in [4.69, 9.17) is 4.74 Å². The van der Waals surface area contributed by atoms with E-state index in [1.54, 1.807) is 0 Å². The van der Waals surface area contributed by atoms with Crippen LogP contribution in [0.4, 0.5) is 17.6 Å². The van der Waals surface area contributed by atoms with Crippen LogP contribution in [0.15, 0.2) is 30.3 Å². The van der Waals surface area contributed by atoms with Gasteiger partial charge in [-0.2, -0.15) is 0 Å². The maximum absolute atomic E-state index is 13.5. The van der Waals surface area contributed by atoms with E-state index in [0.717, 1.165) is 0 Å². The fourth-order valence-corrected chi connectivity index (χ4v) is 1.90. The van der Waals surface area contributed by atoms with Crippen LogP contribution in [-0.2, 0) is 0 Å². The molecule has 0 aliphatic heterocycles. The summed E-state index contributed by atoms with van der Waals surface area (Å²) in [6.45, 7) is -0.609. The first-order chi connectivity index (χ1) is 11.3. The molecule has 24 heavy (non-hydrogen) atoms. The highest BCUT2D eigenvalue weighted by Gasteiger charge is 2.25. The van der Waals surface area contributed by atoms with Gasteiger partial charge < -0.3 is 10.1 Å². The SMILES string of the molecule is COc1ccc(C(=O)CNC(=O)c2c(F)c(F)cc(F)c2F)cc1. The van der Waals surface area contributed by atoms with E-state index in [9.17, 15) is 27.2 Å². The van der Waals surface area contributed by atoms with Gasteiger partial charge >= 0.3 is 0 Å². The maximum Gasteiger partial charge on any atom is 0.257 e. The number of carbonyl (C=O) groups excluding carboxylic acids is 2. The summed E-state index contributed by atoms with van der Waals surface area (Å²) in [4.78, 5) is 23.6. The molecule has 0 bridgehead atoms. The number of Topliss-reactive ketones (excluding diaryl/α,β-unsaturated/α-hetero) is 1. The second-order valence-corrected chi connectivity index (χ2v) is 4.68. The molecule has 0 unspecified atom stereocenters. The molecule has 1 amide bonds. The van der Waals surface area contributed by atoms with Crippen LogP contribution in [0.1, 0.15) is 20.7 Å². The number of ether oxygens (including phenoxy) is 1. The van der Waals surface area contributed by atoms with E-state index in [-0.39, 0.29) is 11.6 Å². The summed E-state index contributed by atoms with van der Waals surface area (Å²) in [5, 5.41) is 1.93. The molecule has 2 aromatic carbocycles. The molecule has 8 heteroatoms. The number of amides is 1. The predicted molar refractivity (Wildman–Crippen MR) is 75.9 cm³/mol. The van der Waals surface area contributed by atoms with Gasteiger partial charge in [0.05, 0.1) is 13.7 Å². The standard InChI is InChI=1S/C16H11F4NO3/c1-24-9-4-2-8(3-5-9)12(22)7-21-16(23)13-14(19)10(17)6-11(18)15(13)20/h2-6H,7H2,1H3,(H,21,23). The largest absolute Gasteiger partial charge is 0.497 e. The van der Waals surface area contributed by atoms with Crippen molar-refractivity contribution < 1.29 is 31.9 Å². The topological polar surface area (TPSA) is 55.4 Å². The van der Waals surface area contributed by atoms with Crippen molar-refractivity contribution in [1.29, 1.82) is 0 Å². The fourth-order valence-electron chi connectivity index (χ4n) is 1.90. The molecule has 0 spiro atoms. The lowest BCUT2D eigenvalue weighted by Gasteiger charge is -2.08. The molecule has 0 fully saturated rings. The van der Waals surface area contributed by atoms with Gasteiger partial charge in [-0.05, 0) is 24.3 Å². The minimum Gasteiger partial charge on any atom is -0.497 e. The average molecular weight is 341 g/mol. The van der Waals surface area contributed by atoms with Gasteiger partial charge in [0, 0.05) is 11.6 Å². The zero-order valence-electron chi connectivity index (χ0n) is 12.3.